The minimum absolute atomic E-state index is 0.284. The average Bonchev–Trinajstić information content (AvgIpc) is 2.63. The predicted molar refractivity (Wildman–Crippen MR) is 102 cm³/mol. The summed E-state index contributed by atoms with van der Waals surface area (Å²) in [5.74, 6) is 0. The fourth-order valence-corrected chi connectivity index (χ4v) is 4.45. The Kier molecular flexibility index (Phi) is 6.09. The van der Waals surface area contributed by atoms with Crippen LogP contribution in [0.1, 0.15) is 22.3 Å². The SMILES string of the molecule is Cc1ccc(C)c(S(=O)(=O)NCc2cccc(CN3CCOCC3)c2)c1. The second kappa shape index (κ2) is 8.31. The molecule has 1 N–H and O–H groups in total. The molecule has 0 spiro atoms. The van der Waals surface area contributed by atoms with E-state index in [0.29, 0.717) is 4.90 Å². The zero-order chi connectivity index (χ0) is 18.6. The van der Waals surface area contributed by atoms with Crippen molar-refractivity contribution in [2.45, 2.75) is 31.8 Å². The van der Waals surface area contributed by atoms with E-state index >= 15 is 0 Å². The van der Waals surface area contributed by atoms with Crippen LogP contribution in [0.4, 0.5) is 0 Å². The van der Waals surface area contributed by atoms with Gasteiger partial charge in [0.05, 0.1) is 18.1 Å². The highest BCUT2D eigenvalue weighted by Crippen LogP contribution is 2.17. The summed E-state index contributed by atoms with van der Waals surface area (Å²) >= 11 is 0. The van der Waals surface area contributed by atoms with Crippen LogP contribution in [-0.2, 0) is 27.8 Å². The highest BCUT2D eigenvalue weighted by Gasteiger charge is 2.17. The number of aryl methyl sites for hydroxylation is 2. The van der Waals surface area contributed by atoms with E-state index in [2.05, 4.69) is 21.8 Å². The Bertz CT molecular complexity index is 859. The van der Waals surface area contributed by atoms with Crippen LogP contribution in [0.5, 0.6) is 0 Å². The summed E-state index contributed by atoms with van der Waals surface area (Å²) in [6.07, 6.45) is 0. The van der Waals surface area contributed by atoms with Crippen molar-refractivity contribution in [1.29, 1.82) is 0 Å². The molecule has 0 amide bonds. The Morgan fingerprint density at radius 3 is 2.54 bits per heavy atom. The van der Waals surface area contributed by atoms with Crippen LogP contribution in [0.2, 0.25) is 0 Å². The lowest BCUT2D eigenvalue weighted by atomic mass is 10.1. The average molecular weight is 375 g/mol. The van der Waals surface area contributed by atoms with E-state index in [1.165, 1.54) is 5.56 Å². The quantitative estimate of drug-likeness (QED) is 0.844. The highest BCUT2D eigenvalue weighted by molar-refractivity contribution is 7.89. The minimum Gasteiger partial charge on any atom is -0.379 e. The van der Waals surface area contributed by atoms with Crippen LogP contribution in [0.25, 0.3) is 0 Å². The zero-order valence-corrected chi connectivity index (χ0v) is 16.2. The molecule has 0 unspecified atom stereocenters. The number of nitrogens with zero attached hydrogens (tertiary/aromatic N) is 1. The van der Waals surface area contributed by atoms with Crippen molar-refractivity contribution in [2.24, 2.45) is 0 Å². The Labute approximate surface area is 156 Å². The maximum atomic E-state index is 12.6. The summed E-state index contributed by atoms with van der Waals surface area (Å²) < 4.78 is 33.4. The van der Waals surface area contributed by atoms with Crippen molar-refractivity contribution in [3.05, 3.63) is 64.7 Å². The van der Waals surface area contributed by atoms with Crippen molar-refractivity contribution in [1.82, 2.24) is 9.62 Å². The number of hydrogen-bond acceptors (Lipinski definition) is 4. The van der Waals surface area contributed by atoms with Gasteiger partial charge in [-0.1, -0.05) is 36.4 Å². The molecule has 2 aromatic rings. The first kappa shape index (κ1) is 19.0. The van der Waals surface area contributed by atoms with Gasteiger partial charge in [-0.2, -0.15) is 0 Å². The van der Waals surface area contributed by atoms with E-state index in [0.717, 1.165) is 49.5 Å². The maximum absolute atomic E-state index is 12.6. The topological polar surface area (TPSA) is 58.6 Å². The lowest BCUT2D eigenvalue weighted by Gasteiger charge is -2.26. The van der Waals surface area contributed by atoms with E-state index in [1.54, 1.807) is 6.07 Å². The molecule has 0 bridgehead atoms. The summed E-state index contributed by atoms with van der Waals surface area (Å²) in [6.45, 7) is 8.27. The number of hydrogen-bond donors (Lipinski definition) is 1. The van der Waals surface area contributed by atoms with E-state index < -0.39 is 10.0 Å². The summed E-state index contributed by atoms with van der Waals surface area (Å²) in [7, 11) is -3.53. The first-order valence-electron chi connectivity index (χ1n) is 8.89. The van der Waals surface area contributed by atoms with Crippen LogP contribution >= 0.6 is 0 Å². The second-order valence-electron chi connectivity index (χ2n) is 6.80. The van der Waals surface area contributed by atoms with Crippen LogP contribution in [-0.4, -0.2) is 39.6 Å². The molecule has 1 aliphatic heterocycles. The van der Waals surface area contributed by atoms with Crippen LogP contribution in [0, 0.1) is 13.8 Å². The van der Waals surface area contributed by atoms with Crippen molar-refractivity contribution in [2.75, 3.05) is 26.3 Å². The molecule has 1 aliphatic rings. The summed E-state index contributed by atoms with van der Waals surface area (Å²) in [5, 5.41) is 0. The highest BCUT2D eigenvalue weighted by atomic mass is 32.2. The summed E-state index contributed by atoms with van der Waals surface area (Å²) in [5.41, 5.74) is 3.84. The van der Waals surface area contributed by atoms with Crippen molar-refractivity contribution < 1.29 is 13.2 Å². The Hall–Kier alpha value is -1.73. The molecule has 0 atom stereocenters. The lowest BCUT2D eigenvalue weighted by Crippen LogP contribution is -2.35. The Morgan fingerprint density at radius 1 is 1.04 bits per heavy atom. The molecule has 5 nitrogen and oxygen atoms in total. The standard InChI is InChI=1S/C20H26N2O3S/c1-16-6-7-17(2)20(12-16)26(23,24)21-14-18-4-3-5-19(13-18)15-22-8-10-25-11-9-22/h3-7,12-13,21H,8-11,14-15H2,1-2H3. The molecule has 0 saturated carbocycles. The molecular formula is C20H26N2O3S. The number of nitrogens with one attached hydrogen (secondary N) is 1. The van der Waals surface area contributed by atoms with Crippen molar-refractivity contribution in [3.63, 3.8) is 0 Å². The summed E-state index contributed by atoms with van der Waals surface area (Å²) in [4.78, 5) is 2.70. The molecule has 6 heteroatoms. The maximum Gasteiger partial charge on any atom is 0.241 e. The number of morpholine rings is 1. The van der Waals surface area contributed by atoms with Gasteiger partial charge < -0.3 is 4.74 Å². The van der Waals surface area contributed by atoms with Gasteiger partial charge >= 0.3 is 0 Å². The van der Waals surface area contributed by atoms with Crippen LogP contribution < -0.4 is 4.72 Å². The molecule has 3 rings (SSSR count). The molecule has 26 heavy (non-hydrogen) atoms. The minimum atomic E-state index is -3.53. The van der Waals surface area contributed by atoms with Gasteiger partial charge in [0.15, 0.2) is 0 Å². The number of ether oxygens (including phenoxy) is 1. The molecule has 0 aromatic heterocycles. The first-order chi connectivity index (χ1) is 12.4. The van der Waals surface area contributed by atoms with Crippen LogP contribution in [0.3, 0.4) is 0 Å². The van der Waals surface area contributed by atoms with Gasteiger partial charge in [-0.3, -0.25) is 4.90 Å². The van der Waals surface area contributed by atoms with E-state index in [9.17, 15) is 8.42 Å². The van der Waals surface area contributed by atoms with Gasteiger partial charge in [0.1, 0.15) is 0 Å². The predicted octanol–water partition coefficient (Wildman–Crippen LogP) is 2.61. The Morgan fingerprint density at radius 2 is 1.77 bits per heavy atom. The molecule has 0 radical (unpaired) electrons. The van der Waals surface area contributed by atoms with Gasteiger partial charge in [-0.05, 0) is 42.2 Å². The molecule has 0 aliphatic carbocycles. The molecular weight excluding hydrogens is 348 g/mol. The second-order valence-corrected chi connectivity index (χ2v) is 8.54. The van der Waals surface area contributed by atoms with Gasteiger partial charge in [-0.15, -0.1) is 0 Å². The number of benzene rings is 2. The number of sulfonamides is 1. The third kappa shape index (κ3) is 4.92. The normalized spacial score (nSPS) is 15.9. The molecule has 140 valence electrons. The number of rotatable bonds is 6. The molecule has 1 heterocycles. The van der Waals surface area contributed by atoms with Gasteiger partial charge in [-0.25, -0.2) is 13.1 Å². The van der Waals surface area contributed by atoms with E-state index in [4.69, 9.17) is 4.74 Å². The van der Waals surface area contributed by atoms with Crippen molar-refractivity contribution >= 4 is 10.0 Å². The molecule has 1 fully saturated rings. The largest absolute Gasteiger partial charge is 0.379 e. The monoisotopic (exact) mass is 374 g/mol. The fraction of sp³-hybridized carbons (Fsp3) is 0.400. The summed E-state index contributed by atoms with van der Waals surface area (Å²) in [6, 6.07) is 13.6. The third-order valence-corrected chi connectivity index (χ3v) is 6.14. The molecule has 1 saturated heterocycles. The van der Waals surface area contributed by atoms with E-state index in [1.807, 2.05) is 38.1 Å². The zero-order valence-electron chi connectivity index (χ0n) is 15.4. The van der Waals surface area contributed by atoms with Gasteiger partial charge in [0, 0.05) is 26.2 Å². The molecule has 2 aromatic carbocycles. The fourth-order valence-electron chi connectivity index (χ4n) is 3.11. The van der Waals surface area contributed by atoms with Crippen molar-refractivity contribution in [3.8, 4) is 0 Å². The lowest BCUT2D eigenvalue weighted by molar-refractivity contribution is 0.0342. The van der Waals surface area contributed by atoms with E-state index in [-0.39, 0.29) is 6.54 Å². The first-order valence-corrected chi connectivity index (χ1v) is 10.4. The Balaban J connectivity index is 1.67. The third-order valence-electron chi connectivity index (χ3n) is 4.60. The smallest absolute Gasteiger partial charge is 0.241 e. The van der Waals surface area contributed by atoms with Crippen LogP contribution in [0.15, 0.2) is 47.4 Å². The van der Waals surface area contributed by atoms with Gasteiger partial charge in [0.2, 0.25) is 10.0 Å². The van der Waals surface area contributed by atoms with Gasteiger partial charge in [0.25, 0.3) is 0 Å².